The Kier molecular flexibility index (Phi) is 4.96. The summed E-state index contributed by atoms with van der Waals surface area (Å²) in [6.07, 6.45) is 0. The van der Waals surface area contributed by atoms with Crippen molar-refractivity contribution in [2.75, 3.05) is 13.9 Å². The molecular weight excluding hydrogens is 346 g/mol. The number of hydrogen-bond donors (Lipinski definition) is 1. The van der Waals surface area contributed by atoms with Crippen molar-refractivity contribution in [2.45, 2.75) is 0 Å². The highest BCUT2D eigenvalue weighted by Crippen LogP contribution is 2.32. The molecule has 0 amide bonds. The zero-order chi connectivity index (χ0) is 18.0. The van der Waals surface area contributed by atoms with E-state index in [2.05, 4.69) is 14.2 Å². The van der Waals surface area contributed by atoms with Crippen LogP contribution in [0.15, 0.2) is 12.1 Å². The molecule has 0 unspecified atom stereocenters. The van der Waals surface area contributed by atoms with Gasteiger partial charge in [0.1, 0.15) is 0 Å². The van der Waals surface area contributed by atoms with E-state index in [-0.39, 0.29) is 0 Å². The maximum atomic E-state index is 13.8. The Morgan fingerprint density at radius 2 is 1.38 bits per heavy atom. The third-order valence-electron chi connectivity index (χ3n) is 2.81. The van der Waals surface area contributed by atoms with Crippen molar-refractivity contribution < 1.29 is 45.7 Å². The van der Waals surface area contributed by atoms with Crippen LogP contribution in [0.2, 0.25) is 0 Å². The van der Waals surface area contributed by atoms with Gasteiger partial charge in [-0.05, 0) is 0 Å². The molecule has 10 heteroatoms. The van der Waals surface area contributed by atoms with Crippen LogP contribution in [-0.2, 0) is 0 Å². The fourth-order valence-corrected chi connectivity index (χ4v) is 1.67. The molecular formula is C14H8F6O4. The number of ether oxygens (including phenoxy) is 3. The van der Waals surface area contributed by atoms with Crippen LogP contribution in [-0.4, -0.2) is 19.0 Å². The lowest BCUT2D eigenvalue weighted by atomic mass is 10.3. The first-order chi connectivity index (χ1) is 11.3. The summed E-state index contributed by atoms with van der Waals surface area (Å²) >= 11 is 0. The van der Waals surface area contributed by atoms with Crippen molar-refractivity contribution >= 4 is 0 Å². The second-order valence-corrected chi connectivity index (χ2v) is 4.26. The largest absolute Gasteiger partial charge is 0.505 e. The monoisotopic (exact) mass is 354 g/mol. The van der Waals surface area contributed by atoms with E-state index in [4.69, 9.17) is 5.11 Å². The van der Waals surface area contributed by atoms with Crippen LogP contribution in [0.1, 0.15) is 0 Å². The van der Waals surface area contributed by atoms with Crippen LogP contribution >= 0.6 is 0 Å². The van der Waals surface area contributed by atoms with Crippen LogP contribution in [0.3, 0.4) is 0 Å². The van der Waals surface area contributed by atoms with Gasteiger partial charge in [-0.25, -0.2) is 8.78 Å². The van der Waals surface area contributed by atoms with E-state index in [1.807, 2.05) is 0 Å². The van der Waals surface area contributed by atoms with Crippen LogP contribution in [0.25, 0.3) is 0 Å². The van der Waals surface area contributed by atoms with E-state index in [1.165, 1.54) is 0 Å². The average molecular weight is 354 g/mol. The SMILES string of the molecule is COc1c(F)c(F)cc(OCOc2cc(O)c(F)c(F)c2F)c1F. The number of phenolic OH excluding ortho intramolecular Hbond substituents is 1. The number of methoxy groups -OCH3 is 1. The molecule has 2 aromatic rings. The van der Waals surface area contributed by atoms with Crippen LogP contribution in [0, 0.1) is 34.9 Å². The summed E-state index contributed by atoms with van der Waals surface area (Å²) in [5.74, 6) is -14.1. The first-order valence-electron chi connectivity index (χ1n) is 6.11. The average Bonchev–Trinajstić information content (AvgIpc) is 2.55. The number of rotatable bonds is 5. The zero-order valence-electron chi connectivity index (χ0n) is 11.8. The Morgan fingerprint density at radius 3 is 1.96 bits per heavy atom. The summed E-state index contributed by atoms with van der Waals surface area (Å²) in [5.41, 5.74) is 0. The van der Waals surface area contributed by atoms with E-state index in [9.17, 15) is 26.3 Å². The highest BCUT2D eigenvalue weighted by Gasteiger charge is 2.22. The minimum Gasteiger partial charge on any atom is -0.505 e. The zero-order valence-corrected chi connectivity index (χ0v) is 11.8. The Labute approximate surface area is 130 Å². The Hall–Kier alpha value is -2.78. The number of benzene rings is 2. The maximum Gasteiger partial charge on any atom is 0.231 e. The van der Waals surface area contributed by atoms with Gasteiger partial charge >= 0.3 is 0 Å². The number of halogens is 6. The minimum absolute atomic E-state index is 0.343. The Bertz CT molecular complexity index is 781. The summed E-state index contributed by atoms with van der Waals surface area (Å²) in [6.45, 7) is -0.993. The fraction of sp³-hybridized carbons (Fsp3) is 0.143. The normalized spacial score (nSPS) is 10.6. The molecule has 0 atom stereocenters. The van der Waals surface area contributed by atoms with Gasteiger partial charge in [-0.1, -0.05) is 0 Å². The van der Waals surface area contributed by atoms with Crippen LogP contribution in [0.4, 0.5) is 26.3 Å². The molecule has 0 aromatic heterocycles. The van der Waals surface area contributed by atoms with E-state index in [0.29, 0.717) is 12.1 Å². The standard InChI is InChI=1S/C14H8F6O4/c1-22-14-9(16)5(15)2-7(12(14)19)23-4-24-8-3-6(21)10(17)13(20)11(8)18/h2-3,21H,4H2,1H3. The quantitative estimate of drug-likeness (QED) is 0.385. The molecule has 2 aromatic carbocycles. The van der Waals surface area contributed by atoms with Gasteiger partial charge in [0.2, 0.25) is 35.9 Å². The third kappa shape index (κ3) is 3.12. The molecule has 1 N–H and O–H groups in total. The van der Waals surface area contributed by atoms with Gasteiger partial charge in [0.05, 0.1) is 7.11 Å². The van der Waals surface area contributed by atoms with Gasteiger partial charge in [-0.2, -0.15) is 17.6 Å². The molecule has 24 heavy (non-hydrogen) atoms. The molecule has 130 valence electrons. The fourth-order valence-electron chi connectivity index (χ4n) is 1.67. The summed E-state index contributed by atoms with van der Waals surface area (Å²) in [7, 11) is 0.890. The van der Waals surface area contributed by atoms with Gasteiger partial charge in [0, 0.05) is 12.1 Å². The molecule has 4 nitrogen and oxygen atoms in total. The molecule has 0 saturated heterocycles. The molecule has 0 heterocycles. The number of hydrogen-bond acceptors (Lipinski definition) is 4. The molecule has 0 aliphatic carbocycles. The second-order valence-electron chi connectivity index (χ2n) is 4.26. The van der Waals surface area contributed by atoms with E-state index < -0.39 is 64.7 Å². The highest BCUT2D eigenvalue weighted by molar-refractivity contribution is 5.38. The van der Waals surface area contributed by atoms with Gasteiger partial charge < -0.3 is 19.3 Å². The van der Waals surface area contributed by atoms with Gasteiger partial charge in [0.15, 0.2) is 28.8 Å². The molecule has 0 saturated carbocycles. The molecule has 2 rings (SSSR count). The molecule has 0 radical (unpaired) electrons. The lowest BCUT2D eigenvalue weighted by Gasteiger charge is -2.13. The van der Waals surface area contributed by atoms with Crippen molar-refractivity contribution in [1.29, 1.82) is 0 Å². The highest BCUT2D eigenvalue weighted by atomic mass is 19.2. The van der Waals surface area contributed by atoms with Gasteiger partial charge in [0.25, 0.3) is 0 Å². The molecule has 0 fully saturated rings. The van der Waals surface area contributed by atoms with E-state index in [0.717, 1.165) is 7.11 Å². The smallest absolute Gasteiger partial charge is 0.231 e. The van der Waals surface area contributed by atoms with Gasteiger partial charge in [-0.3, -0.25) is 0 Å². The lowest BCUT2D eigenvalue weighted by molar-refractivity contribution is 0.108. The van der Waals surface area contributed by atoms with Crippen molar-refractivity contribution in [1.82, 2.24) is 0 Å². The third-order valence-corrected chi connectivity index (χ3v) is 2.81. The van der Waals surface area contributed by atoms with Crippen molar-refractivity contribution in [3.05, 3.63) is 47.0 Å². The lowest BCUT2D eigenvalue weighted by Crippen LogP contribution is -2.10. The minimum atomic E-state index is -1.99. The van der Waals surface area contributed by atoms with E-state index in [1.54, 1.807) is 0 Å². The summed E-state index contributed by atoms with van der Waals surface area (Å²) < 4.78 is 93.1. The van der Waals surface area contributed by atoms with E-state index >= 15 is 0 Å². The predicted octanol–water partition coefficient (Wildman–Crippen LogP) is 3.65. The molecule has 0 spiro atoms. The number of phenols is 1. The predicted molar refractivity (Wildman–Crippen MR) is 67.0 cm³/mol. The number of aromatic hydroxyl groups is 1. The maximum absolute atomic E-state index is 13.8. The molecule has 0 aliphatic rings. The van der Waals surface area contributed by atoms with Gasteiger partial charge in [-0.15, -0.1) is 0 Å². The first-order valence-corrected chi connectivity index (χ1v) is 6.11. The molecule has 0 aliphatic heterocycles. The first kappa shape index (κ1) is 17.6. The van der Waals surface area contributed by atoms with Crippen molar-refractivity contribution in [3.63, 3.8) is 0 Å². The van der Waals surface area contributed by atoms with Crippen molar-refractivity contribution in [3.8, 4) is 23.0 Å². The van der Waals surface area contributed by atoms with Crippen LogP contribution < -0.4 is 14.2 Å². The topological polar surface area (TPSA) is 47.9 Å². The summed E-state index contributed by atoms with van der Waals surface area (Å²) in [4.78, 5) is 0. The van der Waals surface area contributed by atoms with Crippen molar-refractivity contribution in [2.24, 2.45) is 0 Å². The Morgan fingerprint density at radius 1 is 0.792 bits per heavy atom. The molecule has 0 bridgehead atoms. The second kappa shape index (κ2) is 6.77. The Balaban J connectivity index is 2.18. The van der Waals surface area contributed by atoms with Crippen LogP contribution in [0.5, 0.6) is 23.0 Å². The summed E-state index contributed by atoms with van der Waals surface area (Å²) in [5, 5.41) is 9.03. The summed E-state index contributed by atoms with van der Waals surface area (Å²) in [6, 6.07) is 0.759.